The fourth-order valence-electron chi connectivity index (χ4n) is 3.10. The van der Waals surface area contributed by atoms with E-state index in [0.29, 0.717) is 5.69 Å². The molecule has 2 aromatic rings. The zero-order chi connectivity index (χ0) is 20.4. The monoisotopic (exact) mass is 422 g/mol. The van der Waals surface area contributed by atoms with Gasteiger partial charge in [-0.1, -0.05) is 30.7 Å². The number of aromatic nitrogens is 1. The van der Waals surface area contributed by atoms with E-state index in [0.717, 1.165) is 6.42 Å². The van der Waals surface area contributed by atoms with Crippen LogP contribution in [0.25, 0.3) is 0 Å². The molecule has 1 aromatic heterocycles. The highest BCUT2D eigenvalue weighted by Crippen LogP contribution is 2.26. The number of hydrogen-bond acceptors (Lipinski definition) is 5. The summed E-state index contributed by atoms with van der Waals surface area (Å²) in [6.45, 7) is 2.37. The molecule has 0 radical (unpaired) electrons. The van der Waals surface area contributed by atoms with E-state index in [4.69, 9.17) is 17.3 Å². The van der Waals surface area contributed by atoms with E-state index in [2.05, 4.69) is 17.2 Å². The molecule has 3 rings (SSSR count). The van der Waals surface area contributed by atoms with Crippen LogP contribution < -0.4 is 11.1 Å². The maximum Gasteiger partial charge on any atom is 0.244 e. The molecule has 0 spiro atoms. The van der Waals surface area contributed by atoms with Gasteiger partial charge in [-0.2, -0.15) is 4.31 Å². The largest absolute Gasteiger partial charge is 0.324 e. The normalized spacial score (nSPS) is 17.2. The van der Waals surface area contributed by atoms with Crippen molar-refractivity contribution < 1.29 is 13.2 Å². The molecule has 9 heteroatoms. The predicted octanol–water partition coefficient (Wildman–Crippen LogP) is 2.42. The van der Waals surface area contributed by atoms with Gasteiger partial charge in [0.05, 0.1) is 5.54 Å². The maximum absolute atomic E-state index is 12.7. The van der Waals surface area contributed by atoms with Crippen LogP contribution in [0.4, 0.5) is 5.69 Å². The SMILES string of the molecule is CCc1ccc(NC(=O)C2(N)CCN(S(=O)(=O)c3ccc(Cl)nc3)CC2)cc1. The summed E-state index contributed by atoms with van der Waals surface area (Å²) in [6, 6.07) is 10.4. The number of aryl methyl sites for hydroxylation is 1. The minimum atomic E-state index is -3.70. The van der Waals surface area contributed by atoms with Crippen molar-refractivity contribution in [3.63, 3.8) is 0 Å². The number of rotatable bonds is 5. The van der Waals surface area contributed by atoms with Crippen LogP contribution in [0.1, 0.15) is 25.3 Å². The number of hydrogen-bond donors (Lipinski definition) is 2. The first-order chi connectivity index (χ1) is 13.2. The van der Waals surface area contributed by atoms with Crippen molar-refractivity contribution in [2.24, 2.45) is 5.73 Å². The number of halogens is 1. The molecule has 1 aliphatic heterocycles. The Labute approximate surface area is 169 Å². The molecule has 1 saturated heterocycles. The van der Waals surface area contributed by atoms with Crippen molar-refractivity contribution in [2.45, 2.75) is 36.6 Å². The van der Waals surface area contributed by atoms with Crippen molar-refractivity contribution in [1.29, 1.82) is 0 Å². The highest BCUT2D eigenvalue weighted by Gasteiger charge is 2.41. The lowest BCUT2D eigenvalue weighted by molar-refractivity contribution is -0.122. The van der Waals surface area contributed by atoms with Gasteiger partial charge in [0.15, 0.2) is 0 Å². The van der Waals surface area contributed by atoms with E-state index in [1.807, 2.05) is 24.3 Å². The average Bonchev–Trinajstić information content (AvgIpc) is 2.69. The standard InChI is InChI=1S/C19H23ClN4O3S/c1-2-14-3-5-15(6-4-14)23-18(25)19(21)9-11-24(12-10-19)28(26,27)16-7-8-17(20)22-13-16/h3-8,13H,2,9-12,21H2,1H3,(H,23,25). The topological polar surface area (TPSA) is 105 Å². The molecular weight excluding hydrogens is 400 g/mol. The van der Waals surface area contributed by atoms with Crippen LogP contribution in [-0.4, -0.2) is 42.2 Å². The second-order valence-corrected chi connectivity index (χ2v) is 9.21. The lowest BCUT2D eigenvalue weighted by Crippen LogP contribution is -2.58. The zero-order valence-corrected chi connectivity index (χ0v) is 17.1. The predicted molar refractivity (Wildman–Crippen MR) is 109 cm³/mol. The number of nitrogens with one attached hydrogen (secondary N) is 1. The number of pyridine rings is 1. The fourth-order valence-corrected chi connectivity index (χ4v) is 4.60. The third kappa shape index (κ3) is 4.35. The van der Waals surface area contributed by atoms with Gasteiger partial charge in [-0.3, -0.25) is 4.79 Å². The molecule has 1 aromatic carbocycles. The first-order valence-electron chi connectivity index (χ1n) is 9.05. The van der Waals surface area contributed by atoms with Crippen molar-refractivity contribution in [1.82, 2.24) is 9.29 Å². The number of sulfonamides is 1. The lowest BCUT2D eigenvalue weighted by atomic mass is 9.88. The second-order valence-electron chi connectivity index (χ2n) is 6.88. The van der Waals surface area contributed by atoms with Crippen LogP contribution in [-0.2, 0) is 21.2 Å². The van der Waals surface area contributed by atoms with E-state index in [1.165, 1.54) is 28.2 Å². The van der Waals surface area contributed by atoms with E-state index in [9.17, 15) is 13.2 Å². The molecular formula is C19H23ClN4O3S. The van der Waals surface area contributed by atoms with E-state index in [-0.39, 0.29) is 41.9 Å². The molecule has 0 bridgehead atoms. The van der Waals surface area contributed by atoms with Crippen molar-refractivity contribution in [2.75, 3.05) is 18.4 Å². The Balaban J connectivity index is 1.65. The number of anilines is 1. The lowest BCUT2D eigenvalue weighted by Gasteiger charge is -2.37. The Bertz CT molecular complexity index is 938. The number of carbonyl (C=O) groups is 1. The van der Waals surface area contributed by atoms with E-state index < -0.39 is 15.6 Å². The molecule has 150 valence electrons. The van der Waals surface area contributed by atoms with Crippen molar-refractivity contribution in [3.8, 4) is 0 Å². The Morgan fingerprint density at radius 3 is 2.39 bits per heavy atom. The third-order valence-corrected chi connectivity index (χ3v) is 7.13. The van der Waals surface area contributed by atoms with Crippen molar-refractivity contribution >= 4 is 33.2 Å². The van der Waals surface area contributed by atoms with Crippen LogP contribution in [0.5, 0.6) is 0 Å². The smallest absolute Gasteiger partial charge is 0.244 e. The van der Waals surface area contributed by atoms with Crippen LogP contribution in [0, 0.1) is 0 Å². The number of nitrogens with two attached hydrogens (primary N) is 1. The Kier molecular flexibility index (Phi) is 6.04. The summed E-state index contributed by atoms with van der Waals surface area (Å²) in [5.74, 6) is -0.304. The molecule has 1 amide bonds. The van der Waals surface area contributed by atoms with Crippen LogP contribution >= 0.6 is 11.6 Å². The summed E-state index contributed by atoms with van der Waals surface area (Å²) in [4.78, 5) is 16.6. The quantitative estimate of drug-likeness (QED) is 0.720. The molecule has 2 heterocycles. The van der Waals surface area contributed by atoms with Gasteiger partial charge in [-0.25, -0.2) is 13.4 Å². The summed E-state index contributed by atoms with van der Waals surface area (Å²) in [5, 5.41) is 3.06. The van der Waals surface area contributed by atoms with Crippen molar-refractivity contribution in [3.05, 3.63) is 53.3 Å². The summed E-state index contributed by atoms with van der Waals surface area (Å²) in [6.07, 6.45) is 2.61. The fraction of sp³-hybridized carbons (Fsp3) is 0.368. The summed E-state index contributed by atoms with van der Waals surface area (Å²) < 4.78 is 26.8. The molecule has 0 aliphatic carbocycles. The Morgan fingerprint density at radius 2 is 1.86 bits per heavy atom. The Hall–Kier alpha value is -2.00. The molecule has 0 atom stereocenters. The molecule has 1 aliphatic rings. The zero-order valence-electron chi connectivity index (χ0n) is 15.6. The molecule has 7 nitrogen and oxygen atoms in total. The third-order valence-electron chi connectivity index (χ3n) is 5.02. The molecule has 1 fully saturated rings. The minimum Gasteiger partial charge on any atom is -0.324 e. The maximum atomic E-state index is 12.7. The van der Waals surface area contributed by atoms with Gasteiger partial charge in [0.1, 0.15) is 10.0 Å². The van der Waals surface area contributed by atoms with Gasteiger partial charge in [0.25, 0.3) is 0 Å². The molecule has 0 unspecified atom stereocenters. The summed E-state index contributed by atoms with van der Waals surface area (Å²) in [7, 11) is -3.70. The first-order valence-corrected chi connectivity index (χ1v) is 10.9. The number of piperidine rings is 1. The number of carbonyl (C=O) groups excluding carboxylic acids is 1. The molecule has 28 heavy (non-hydrogen) atoms. The first kappa shape index (κ1) is 20.7. The van der Waals surface area contributed by atoms with Gasteiger partial charge in [0.2, 0.25) is 15.9 Å². The van der Waals surface area contributed by atoms with Crippen LogP contribution in [0.15, 0.2) is 47.5 Å². The van der Waals surface area contributed by atoms with Gasteiger partial charge in [-0.15, -0.1) is 0 Å². The average molecular weight is 423 g/mol. The number of nitrogens with zero attached hydrogens (tertiary/aromatic N) is 2. The van der Waals surface area contributed by atoms with E-state index in [1.54, 1.807) is 0 Å². The molecule has 0 saturated carbocycles. The highest BCUT2D eigenvalue weighted by molar-refractivity contribution is 7.89. The van der Waals surface area contributed by atoms with Crippen LogP contribution in [0.2, 0.25) is 5.15 Å². The highest BCUT2D eigenvalue weighted by atomic mass is 35.5. The van der Waals surface area contributed by atoms with E-state index >= 15 is 0 Å². The van der Waals surface area contributed by atoms with Crippen LogP contribution in [0.3, 0.4) is 0 Å². The minimum absolute atomic E-state index is 0.0712. The van der Waals surface area contributed by atoms with Gasteiger partial charge >= 0.3 is 0 Å². The summed E-state index contributed by atoms with van der Waals surface area (Å²) >= 11 is 5.72. The second kappa shape index (κ2) is 8.16. The Morgan fingerprint density at radius 1 is 1.21 bits per heavy atom. The number of amides is 1. The molecule has 3 N–H and O–H groups in total. The van der Waals surface area contributed by atoms with Gasteiger partial charge in [-0.05, 0) is 49.1 Å². The summed E-state index contributed by atoms with van der Waals surface area (Å²) in [5.41, 5.74) is 7.04. The van der Waals surface area contributed by atoms with Gasteiger partial charge in [0, 0.05) is 25.0 Å². The van der Waals surface area contributed by atoms with Gasteiger partial charge < -0.3 is 11.1 Å². The number of benzene rings is 1.